The highest BCUT2D eigenvalue weighted by Crippen LogP contribution is 2.37. The van der Waals surface area contributed by atoms with Gasteiger partial charge in [0.25, 0.3) is 0 Å². The van der Waals surface area contributed by atoms with Crippen molar-refractivity contribution in [1.29, 1.82) is 0 Å². The minimum atomic E-state index is -0.262. The highest BCUT2D eigenvalue weighted by Gasteiger charge is 2.40. The molecule has 1 saturated heterocycles. The van der Waals surface area contributed by atoms with Crippen molar-refractivity contribution in [3.8, 4) is 0 Å². The third kappa shape index (κ3) is 2.81. The van der Waals surface area contributed by atoms with Gasteiger partial charge < -0.3 is 14.8 Å². The van der Waals surface area contributed by atoms with E-state index in [4.69, 9.17) is 9.47 Å². The molecular formula is C15H20BrNO2. The van der Waals surface area contributed by atoms with Gasteiger partial charge in [0.15, 0.2) is 5.79 Å². The van der Waals surface area contributed by atoms with Crippen LogP contribution in [0.15, 0.2) is 22.7 Å². The summed E-state index contributed by atoms with van der Waals surface area (Å²) in [6, 6.07) is 6.85. The molecule has 0 unspecified atom stereocenters. The van der Waals surface area contributed by atoms with Crippen LogP contribution >= 0.6 is 15.9 Å². The van der Waals surface area contributed by atoms with E-state index in [1.807, 2.05) is 0 Å². The van der Waals surface area contributed by atoms with Crippen LogP contribution in [0, 0.1) is 6.92 Å². The van der Waals surface area contributed by atoms with Gasteiger partial charge in [-0.25, -0.2) is 0 Å². The van der Waals surface area contributed by atoms with Crippen molar-refractivity contribution >= 4 is 21.6 Å². The summed E-state index contributed by atoms with van der Waals surface area (Å²) in [7, 11) is 0. The first-order chi connectivity index (χ1) is 9.19. The standard InChI is InChI=1S/C15H20BrNO2/c1-11-3-2-4-13(14(11)16)17-12-5-7-15(8-6-12)18-9-10-19-15/h2-4,12,17H,5-10H2,1H3. The number of rotatable bonds is 2. The highest BCUT2D eigenvalue weighted by atomic mass is 79.9. The third-order valence-corrected chi connectivity index (χ3v) is 5.16. The molecule has 1 spiro atoms. The number of aryl methyl sites for hydroxylation is 1. The van der Waals surface area contributed by atoms with E-state index in [2.05, 4.69) is 46.4 Å². The maximum absolute atomic E-state index is 5.76. The van der Waals surface area contributed by atoms with Gasteiger partial charge in [0.2, 0.25) is 0 Å². The SMILES string of the molecule is Cc1cccc(NC2CCC3(CC2)OCCO3)c1Br. The van der Waals surface area contributed by atoms with Gasteiger partial charge in [0.05, 0.1) is 13.2 Å². The molecule has 1 heterocycles. The number of benzene rings is 1. The van der Waals surface area contributed by atoms with Gasteiger partial charge in [-0.1, -0.05) is 12.1 Å². The number of halogens is 1. The van der Waals surface area contributed by atoms with Gasteiger partial charge in [0.1, 0.15) is 0 Å². The van der Waals surface area contributed by atoms with Crippen LogP contribution in [0.4, 0.5) is 5.69 Å². The molecule has 2 aliphatic rings. The fraction of sp³-hybridized carbons (Fsp3) is 0.600. The molecule has 1 aromatic rings. The van der Waals surface area contributed by atoms with Crippen LogP contribution in [0.3, 0.4) is 0 Å². The largest absolute Gasteiger partial charge is 0.381 e. The summed E-state index contributed by atoms with van der Waals surface area (Å²) >= 11 is 3.65. The highest BCUT2D eigenvalue weighted by molar-refractivity contribution is 9.10. The van der Waals surface area contributed by atoms with E-state index >= 15 is 0 Å². The van der Waals surface area contributed by atoms with Crippen LogP contribution in [0.5, 0.6) is 0 Å². The second-order valence-corrected chi connectivity index (χ2v) is 6.26. The number of anilines is 1. The van der Waals surface area contributed by atoms with Crippen molar-refractivity contribution in [2.24, 2.45) is 0 Å². The van der Waals surface area contributed by atoms with Crippen molar-refractivity contribution in [3.63, 3.8) is 0 Å². The van der Waals surface area contributed by atoms with Crippen LogP contribution in [-0.2, 0) is 9.47 Å². The Morgan fingerprint density at radius 3 is 2.58 bits per heavy atom. The van der Waals surface area contributed by atoms with E-state index in [0.717, 1.165) is 38.9 Å². The molecule has 3 rings (SSSR count). The van der Waals surface area contributed by atoms with Crippen LogP contribution in [-0.4, -0.2) is 25.0 Å². The van der Waals surface area contributed by atoms with Crippen molar-refractivity contribution < 1.29 is 9.47 Å². The monoisotopic (exact) mass is 325 g/mol. The molecule has 3 nitrogen and oxygen atoms in total. The molecule has 0 amide bonds. The lowest BCUT2D eigenvalue weighted by molar-refractivity contribution is -0.177. The first kappa shape index (κ1) is 13.4. The zero-order chi connectivity index (χ0) is 13.3. The molecule has 0 aromatic heterocycles. The van der Waals surface area contributed by atoms with Gasteiger partial charge in [-0.15, -0.1) is 0 Å². The van der Waals surface area contributed by atoms with Crippen LogP contribution < -0.4 is 5.32 Å². The lowest BCUT2D eigenvalue weighted by atomic mass is 9.90. The number of hydrogen-bond donors (Lipinski definition) is 1. The van der Waals surface area contributed by atoms with Crippen LogP contribution in [0.1, 0.15) is 31.2 Å². The summed E-state index contributed by atoms with van der Waals surface area (Å²) in [4.78, 5) is 0. The van der Waals surface area contributed by atoms with Crippen LogP contribution in [0.25, 0.3) is 0 Å². The van der Waals surface area contributed by atoms with Gasteiger partial charge in [-0.3, -0.25) is 0 Å². The number of hydrogen-bond acceptors (Lipinski definition) is 3. The minimum absolute atomic E-state index is 0.262. The van der Waals surface area contributed by atoms with E-state index in [1.54, 1.807) is 0 Å². The van der Waals surface area contributed by atoms with E-state index in [-0.39, 0.29) is 5.79 Å². The quantitative estimate of drug-likeness (QED) is 0.895. The van der Waals surface area contributed by atoms with E-state index in [1.165, 1.54) is 15.7 Å². The topological polar surface area (TPSA) is 30.5 Å². The average Bonchev–Trinajstić information content (AvgIpc) is 2.86. The lowest BCUT2D eigenvalue weighted by Crippen LogP contribution is -2.39. The fourth-order valence-electron chi connectivity index (χ4n) is 2.97. The maximum atomic E-state index is 5.76. The molecule has 1 N–H and O–H groups in total. The molecule has 104 valence electrons. The first-order valence-electron chi connectivity index (χ1n) is 6.98. The normalized spacial score (nSPS) is 22.8. The first-order valence-corrected chi connectivity index (χ1v) is 7.77. The summed E-state index contributed by atoms with van der Waals surface area (Å²) in [5, 5.41) is 3.64. The number of ether oxygens (including phenoxy) is 2. The van der Waals surface area contributed by atoms with E-state index in [0.29, 0.717) is 6.04 Å². The Morgan fingerprint density at radius 2 is 1.89 bits per heavy atom. The Morgan fingerprint density at radius 1 is 1.21 bits per heavy atom. The smallest absolute Gasteiger partial charge is 0.168 e. The molecule has 0 bridgehead atoms. The fourth-order valence-corrected chi connectivity index (χ4v) is 3.35. The van der Waals surface area contributed by atoms with E-state index < -0.39 is 0 Å². The van der Waals surface area contributed by atoms with Gasteiger partial charge in [0, 0.05) is 29.0 Å². The molecule has 0 radical (unpaired) electrons. The molecule has 1 aliphatic carbocycles. The van der Waals surface area contributed by atoms with E-state index in [9.17, 15) is 0 Å². The molecule has 4 heteroatoms. The predicted molar refractivity (Wildman–Crippen MR) is 79.4 cm³/mol. The van der Waals surface area contributed by atoms with Crippen molar-refractivity contribution in [1.82, 2.24) is 0 Å². The summed E-state index contributed by atoms with van der Waals surface area (Å²) < 4.78 is 12.7. The summed E-state index contributed by atoms with van der Waals surface area (Å²) in [5.74, 6) is -0.262. The molecule has 1 aliphatic heterocycles. The average molecular weight is 326 g/mol. The van der Waals surface area contributed by atoms with Gasteiger partial charge >= 0.3 is 0 Å². The summed E-state index contributed by atoms with van der Waals surface area (Å²) in [5.41, 5.74) is 2.45. The second-order valence-electron chi connectivity index (χ2n) is 5.46. The van der Waals surface area contributed by atoms with Crippen LogP contribution in [0.2, 0.25) is 0 Å². The van der Waals surface area contributed by atoms with Crippen molar-refractivity contribution in [2.75, 3.05) is 18.5 Å². The van der Waals surface area contributed by atoms with Gasteiger partial charge in [-0.2, -0.15) is 0 Å². The third-order valence-electron chi connectivity index (χ3n) is 4.11. The Balaban J connectivity index is 1.61. The Kier molecular flexibility index (Phi) is 3.83. The molecule has 0 atom stereocenters. The predicted octanol–water partition coefficient (Wildman–Crippen LogP) is 3.86. The summed E-state index contributed by atoms with van der Waals surface area (Å²) in [6.07, 6.45) is 4.18. The Labute approximate surface area is 122 Å². The van der Waals surface area contributed by atoms with Crippen molar-refractivity contribution in [2.45, 2.75) is 44.4 Å². The Hall–Kier alpha value is -0.580. The second kappa shape index (κ2) is 5.43. The Bertz CT molecular complexity index is 447. The minimum Gasteiger partial charge on any atom is -0.381 e. The zero-order valence-corrected chi connectivity index (χ0v) is 12.8. The van der Waals surface area contributed by atoms with Gasteiger partial charge in [-0.05, 0) is 47.3 Å². The molecule has 1 aromatic carbocycles. The lowest BCUT2D eigenvalue weighted by Gasteiger charge is -2.36. The number of nitrogens with one attached hydrogen (secondary N) is 1. The molecule has 1 saturated carbocycles. The molecule has 2 fully saturated rings. The summed E-state index contributed by atoms with van der Waals surface area (Å²) in [6.45, 7) is 3.62. The molecular weight excluding hydrogens is 306 g/mol. The molecule has 19 heavy (non-hydrogen) atoms. The maximum Gasteiger partial charge on any atom is 0.168 e. The van der Waals surface area contributed by atoms with Crippen molar-refractivity contribution in [3.05, 3.63) is 28.2 Å². The zero-order valence-electron chi connectivity index (χ0n) is 11.2.